The number of rotatable bonds is 4. The van der Waals surface area contributed by atoms with E-state index in [1.165, 1.54) is 11.3 Å². The topological polar surface area (TPSA) is 76.6 Å². The second-order valence-corrected chi connectivity index (χ2v) is 7.83. The Kier molecular flexibility index (Phi) is 4.64. The van der Waals surface area contributed by atoms with Crippen molar-refractivity contribution < 1.29 is 17.9 Å². The van der Waals surface area contributed by atoms with Crippen molar-refractivity contribution in [2.24, 2.45) is 0 Å². The number of hydrogen-bond acceptors (Lipinski definition) is 7. The van der Waals surface area contributed by atoms with Crippen molar-refractivity contribution in [2.45, 2.75) is 26.3 Å². The van der Waals surface area contributed by atoms with Crippen molar-refractivity contribution in [3.05, 3.63) is 11.1 Å². The summed E-state index contributed by atoms with van der Waals surface area (Å²) in [4.78, 5) is 17.8. The molecule has 1 aliphatic heterocycles. The number of thiazole rings is 1. The fraction of sp³-hybridized carbons (Fsp3) is 0.667. The number of carbonyl (C=O) groups is 1. The van der Waals surface area contributed by atoms with Crippen LogP contribution in [0.2, 0.25) is 0 Å². The average Bonchev–Trinajstić information content (AvgIpc) is 2.76. The molecule has 0 saturated carbocycles. The quantitative estimate of drug-likeness (QED) is 0.767. The second-order valence-electron chi connectivity index (χ2n) is 4.76. The van der Waals surface area contributed by atoms with Crippen molar-refractivity contribution in [1.29, 1.82) is 0 Å². The van der Waals surface area contributed by atoms with E-state index in [2.05, 4.69) is 4.98 Å². The van der Waals surface area contributed by atoms with Gasteiger partial charge in [0.2, 0.25) is 0 Å². The molecule has 0 aliphatic carbocycles. The molecule has 0 aromatic carbocycles. The molecule has 112 valence electrons. The summed E-state index contributed by atoms with van der Waals surface area (Å²) in [6.07, 6.45) is 0.158. The third kappa shape index (κ3) is 3.69. The van der Waals surface area contributed by atoms with Crippen LogP contribution in [-0.2, 0) is 25.8 Å². The van der Waals surface area contributed by atoms with Crippen LogP contribution in [0.25, 0.3) is 0 Å². The lowest BCUT2D eigenvalue weighted by Gasteiger charge is -2.32. The zero-order chi connectivity index (χ0) is 14.8. The minimum atomic E-state index is -2.93. The van der Waals surface area contributed by atoms with Crippen LogP contribution in [0.5, 0.6) is 0 Å². The van der Waals surface area contributed by atoms with Gasteiger partial charge in [0.05, 0.1) is 30.2 Å². The largest absolute Gasteiger partial charge is 0.466 e. The van der Waals surface area contributed by atoms with Crippen LogP contribution in [0, 0.1) is 0 Å². The zero-order valence-corrected chi connectivity index (χ0v) is 13.2. The summed E-state index contributed by atoms with van der Waals surface area (Å²) in [5, 5.41) is 2.59. The number of sulfone groups is 1. The molecule has 1 aromatic rings. The number of ether oxygens (including phenoxy) is 1. The number of carbonyl (C=O) groups excluding carboxylic acids is 1. The highest BCUT2D eigenvalue weighted by Gasteiger charge is 2.29. The summed E-state index contributed by atoms with van der Waals surface area (Å²) >= 11 is 1.43. The summed E-state index contributed by atoms with van der Waals surface area (Å²) in [6.45, 7) is 4.45. The summed E-state index contributed by atoms with van der Waals surface area (Å²) in [5.74, 6) is 0.0165. The number of anilines is 1. The third-order valence-electron chi connectivity index (χ3n) is 3.09. The van der Waals surface area contributed by atoms with Crippen LogP contribution >= 0.6 is 11.3 Å². The predicted octanol–water partition coefficient (Wildman–Crippen LogP) is 0.872. The number of hydrogen-bond donors (Lipinski definition) is 0. The summed E-state index contributed by atoms with van der Waals surface area (Å²) in [7, 11) is -2.93. The van der Waals surface area contributed by atoms with Gasteiger partial charge < -0.3 is 9.64 Å². The van der Waals surface area contributed by atoms with E-state index >= 15 is 0 Å². The van der Waals surface area contributed by atoms with Gasteiger partial charge >= 0.3 is 5.97 Å². The molecular weight excluding hydrogens is 300 g/mol. The Morgan fingerprint density at radius 3 is 3.00 bits per heavy atom. The SMILES string of the molecule is CCOC(=O)Cc1csc(N2CCS(=O)(=O)CC2C)n1. The van der Waals surface area contributed by atoms with Crippen molar-refractivity contribution in [3.8, 4) is 0 Å². The molecule has 1 aromatic heterocycles. The maximum Gasteiger partial charge on any atom is 0.311 e. The van der Waals surface area contributed by atoms with E-state index in [1.807, 2.05) is 17.2 Å². The Morgan fingerprint density at radius 2 is 2.35 bits per heavy atom. The fourth-order valence-electron chi connectivity index (χ4n) is 2.15. The van der Waals surface area contributed by atoms with E-state index in [4.69, 9.17) is 4.74 Å². The van der Waals surface area contributed by atoms with Crippen LogP contribution in [-0.4, -0.2) is 50.1 Å². The van der Waals surface area contributed by atoms with Crippen LogP contribution in [0.15, 0.2) is 5.38 Å². The van der Waals surface area contributed by atoms with Gasteiger partial charge in [-0.2, -0.15) is 0 Å². The molecule has 1 atom stereocenters. The zero-order valence-electron chi connectivity index (χ0n) is 11.5. The highest BCUT2D eigenvalue weighted by molar-refractivity contribution is 7.91. The van der Waals surface area contributed by atoms with E-state index in [0.29, 0.717) is 18.8 Å². The van der Waals surface area contributed by atoms with E-state index in [9.17, 15) is 13.2 Å². The van der Waals surface area contributed by atoms with Gasteiger partial charge in [-0.05, 0) is 13.8 Å². The molecule has 0 bridgehead atoms. The van der Waals surface area contributed by atoms with Gasteiger partial charge in [-0.1, -0.05) is 0 Å². The number of nitrogens with zero attached hydrogens (tertiary/aromatic N) is 2. The lowest BCUT2D eigenvalue weighted by molar-refractivity contribution is -0.142. The third-order valence-corrected chi connectivity index (χ3v) is 5.81. The molecule has 0 amide bonds. The molecule has 8 heteroatoms. The van der Waals surface area contributed by atoms with E-state index in [-0.39, 0.29) is 29.9 Å². The first-order valence-corrected chi connectivity index (χ1v) is 9.18. The predicted molar refractivity (Wildman–Crippen MR) is 77.9 cm³/mol. The van der Waals surface area contributed by atoms with Gasteiger partial charge in [-0.25, -0.2) is 13.4 Å². The number of aromatic nitrogens is 1. The smallest absolute Gasteiger partial charge is 0.311 e. The van der Waals surface area contributed by atoms with Crippen LogP contribution in [0.1, 0.15) is 19.5 Å². The van der Waals surface area contributed by atoms with Gasteiger partial charge in [0.1, 0.15) is 0 Å². The minimum Gasteiger partial charge on any atom is -0.466 e. The summed E-state index contributed by atoms with van der Waals surface area (Å²) < 4.78 is 28.0. The number of esters is 1. The molecule has 20 heavy (non-hydrogen) atoms. The molecule has 0 spiro atoms. The van der Waals surface area contributed by atoms with Gasteiger partial charge in [0.15, 0.2) is 15.0 Å². The molecule has 2 rings (SSSR count). The lowest BCUT2D eigenvalue weighted by Crippen LogP contribution is -2.47. The van der Waals surface area contributed by atoms with Gasteiger partial charge in [0.25, 0.3) is 0 Å². The van der Waals surface area contributed by atoms with Gasteiger partial charge in [0, 0.05) is 18.0 Å². The Labute approximate surface area is 122 Å². The summed E-state index contributed by atoms with van der Waals surface area (Å²) in [6, 6.07) is -0.0876. The molecular formula is C12H18N2O4S2. The highest BCUT2D eigenvalue weighted by atomic mass is 32.2. The van der Waals surface area contributed by atoms with E-state index < -0.39 is 9.84 Å². The first-order chi connectivity index (χ1) is 9.41. The van der Waals surface area contributed by atoms with Crippen molar-refractivity contribution in [3.63, 3.8) is 0 Å². The van der Waals surface area contributed by atoms with Crippen molar-refractivity contribution in [2.75, 3.05) is 29.6 Å². The van der Waals surface area contributed by atoms with Crippen LogP contribution < -0.4 is 4.90 Å². The molecule has 1 saturated heterocycles. The second kappa shape index (κ2) is 6.09. The standard InChI is InChI=1S/C12H18N2O4S2/c1-3-18-11(15)6-10-7-19-12(13-10)14-4-5-20(16,17)8-9(14)2/h7,9H,3-6,8H2,1-2H3. The first-order valence-electron chi connectivity index (χ1n) is 6.48. The van der Waals surface area contributed by atoms with Crippen molar-refractivity contribution >= 4 is 32.3 Å². The average molecular weight is 318 g/mol. The first kappa shape index (κ1) is 15.2. The summed E-state index contributed by atoms with van der Waals surface area (Å²) in [5.41, 5.74) is 0.670. The molecule has 1 fully saturated rings. The Morgan fingerprint density at radius 1 is 1.60 bits per heavy atom. The normalized spacial score (nSPS) is 21.7. The molecule has 1 unspecified atom stereocenters. The molecule has 2 heterocycles. The Bertz CT molecular complexity index is 582. The minimum absolute atomic E-state index is 0.0876. The maximum absolute atomic E-state index is 11.6. The van der Waals surface area contributed by atoms with Crippen LogP contribution in [0.3, 0.4) is 0 Å². The van der Waals surface area contributed by atoms with E-state index in [0.717, 1.165) is 5.13 Å². The van der Waals surface area contributed by atoms with E-state index in [1.54, 1.807) is 6.92 Å². The van der Waals surface area contributed by atoms with Crippen LogP contribution in [0.4, 0.5) is 5.13 Å². The van der Waals surface area contributed by atoms with Gasteiger partial charge in [-0.3, -0.25) is 4.79 Å². The molecule has 1 aliphatic rings. The Hall–Kier alpha value is -1.15. The maximum atomic E-state index is 11.6. The van der Waals surface area contributed by atoms with Gasteiger partial charge in [-0.15, -0.1) is 11.3 Å². The monoisotopic (exact) mass is 318 g/mol. The highest BCUT2D eigenvalue weighted by Crippen LogP contribution is 2.25. The molecule has 0 N–H and O–H groups in total. The van der Waals surface area contributed by atoms with Crippen molar-refractivity contribution in [1.82, 2.24) is 4.98 Å². The lowest BCUT2D eigenvalue weighted by atomic mass is 10.3. The molecule has 0 radical (unpaired) electrons. The fourth-order valence-corrected chi connectivity index (χ4v) is 4.66. The Balaban J connectivity index is 2.04. The molecule has 6 nitrogen and oxygen atoms in total.